The summed E-state index contributed by atoms with van der Waals surface area (Å²) in [5.74, 6) is 3.03. The summed E-state index contributed by atoms with van der Waals surface area (Å²) in [6.45, 7) is 2.30. The van der Waals surface area contributed by atoms with Crippen molar-refractivity contribution < 1.29 is 4.42 Å². The Labute approximate surface area is 403 Å². The quantitative estimate of drug-likeness (QED) is 0.152. The van der Waals surface area contributed by atoms with E-state index >= 15 is 0 Å². The van der Waals surface area contributed by atoms with Gasteiger partial charge in [-0.2, -0.15) is 0 Å². The Hall–Kier alpha value is -7.70. The van der Waals surface area contributed by atoms with E-state index < -0.39 is 0 Å². The molecule has 0 spiro atoms. The number of rotatable bonds is 8. The highest BCUT2D eigenvalue weighted by Gasteiger charge is 2.40. The lowest BCUT2D eigenvalue weighted by atomic mass is 9.75. The number of furan rings is 1. The molecule has 4 aromatic carbocycles. The standard InChI is InChI=1S/C63H53N5O/c1-40-17-16-26-48(33-40)68-56-28-15-14-27-50(56)53-37-54-51-32-30-46(36-58(51)69-59(54)38-57(53)68)60-55(63-66-61(43-22-10-4-11-23-43)65-62(67-63)44-24-12-5-13-25-44)35-47(39-64-60)45-29-31-49(41-18-6-2-7-19-41)52(34-45)42-20-8-3-9-21-42/h3-6,8-16,18-28,31-34,36-40,45-47,53,57H,2,7,17,29-30,35H2,1H3. The fourth-order valence-corrected chi connectivity index (χ4v) is 11.7. The number of para-hydroxylation sites is 1. The van der Waals surface area contributed by atoms with E-state index in [1.807, 2.05) is 36.4 Å². The molecular weight excluding hydrogens is 843 g/mol. The van der Waals surface area contributed by atoms with Crippen molar-refractivity contribution in [3.63, 3.8) is 0 Å². The van der Waals surface area contributed by atoms with Crippen LogP contribution in [0.5, 0.6) is 0 Å². The predicted octanol–water partition coefficient (Wildman–Crippen LogP) is 11.2. The number of anilines is 1. The van der Waals surface area contributed by atoms with Crippen LogP contribution in [0.3, 0.4) is 0 Å². The largest absolute Gasteiger partial charge is 0.457 e. The van der Waals surface area contributed by atoms with Gasteiger partial charge in [-0.05, 0) is 103 Å². The van der Waals surface area contributed by atoms with Gasteiger partial charge in [0.1, 0.15) is 10.8 Å². The van der Waals surface area contributed by atoms with Crippen molar-refractivity contribution in [1.82, 2.24) is 15.0 Å². The molecule has 6 aromatic rings. The van der Waals surface area contributed by atoms with Crippen molar-refractivity contribution in [3.8, 4) is 22.8 Å². The molecule has 0 radical (unpaired) electrons. The number of hydrogen-bond donors (Lipinski definition) is 0. The summed E-state index contributed by atoms with van der Waals surface area (Å²) in [5, 5.41) is 2.38. The summed E-state index contributed by atoms with van der Waals surface area (Å²) in [6, 6.07) is 40.5. The Kier molecular flexibility index (Phi) is 10.5. The first-order chi connectivity index (χ1) is 34.1. The van der Waals surface area contributed by atoms with Crippen LogP contribution >= 0.6 is 0 Å². The van der Waals surface area contributed by atoms with Crippen LogP contribution in [-0.4, -0.2) is 27.2 Å². The highest BCUT2D eigenvalue weighted by molar-refractivity contribution is 5.87. The molecule has 6 heteroatoms. The van der Waals surface area contributed by atoms with Crippen molar-refractivity contribution >= 4 is 47.4 Å². The summed E-state index contributed by atoms with van der Waals surface area (Å²) >= 11 is 0. The Morgan fingerprint density at radius 2 is 1.28 bits per heavy atom. The van der Waals surface area contributed by atoms with E-state index in [2.05, 4.69) is 170 Å². The van der Waals surface area contributed by atoms with Gasteiger partial charge in [-0.15, -0.1) is 0 Å². The maximum atomic E-state index is 6.96. The van der Waals surface area contributed by atoms with Crippen LogP contribution in [0.4, 0.5) is 5.69 Å². The van der Waals surface area contributed by atoms with Crippen LogP contribution in [-0.2, 0) is 0 Å². The number of nitrogens with zero attached hydrogens (tertiary/aromatic N) is 5. The fourth-order valence-electron chi connectivity index (χ4n) is 11.7. The second-order valence-electron chi connectivity index (χ2n) is 19.5. The van der Waals surface area contributed by atoms with Crippen LogP contribution in [0.25, 0.3) is 58.2 Å². The van der Waals surface area contributed by atoms with E-state index in [0.29, 0.717) is 23.4 Å². The third-order valence-electron chi connectivity index (χ3n) is 15.1. The minimum Gasteiger partial charge on any atom is -0.457 e. The van der Waals surface area contributed by atoms with E-state index in [1.165, 1.54) is 49.7 Å². The number of aromatic nitrogens is 3. The van der Waals surface area contributed by atoms with Crippen LogP contribution in [0.15, 0.2) is 196 Å². The average molecular weight is 896 g/mol. The van der Waals surface area contributed by atoms with Crippen molar-refractivity contribution in [3.05, 3.63) is 225 Å². The van der Waals surface area contributed by atoms with Gasteiger partial charge in [0, 0.05) is 62.5 Å². The summed E-state index contributed by atoms with van der Waals surface area (Å²) in [4.78, 5) is 23.8. The molecule has 7 aliphatic rings. The molecule has 5 aliphatic carbocycles. The summed E-state index contributed by atoms with van der Waals surface area (Å²) in [7, 11) is 0. The van der Waals surface area contributed by atoms with Crippen molar-refractivity contribution in [2.45, 2.75) is 57.4 Å². The van der Waals surface area contributed by atoms with Crippen LogP contribution in [0.1, 0.15) is 68.3 Å². The Morgan fingerprint density at radius 1 is 0.565 bits per heavy atom. The molecule has 0 N–H and O–H groups in total. The van der Waals surface area contributed by atoms with E-state index in [0.717, 1.165) is 71.8 Å². The lowest BCUT2D eigenvalue weighted by Gasteiger charge is -2.31. The van der Waals surface area contributed by atoms with E-state index in [-0.39, 0.29) is 29.7 Å². The van der Waals surface area contributed by atoms with Gasteiger partial charge in [-0.3, -0.25) is 4.99 Å². The van der Waals surface area contributed by atoms with E-state index in [1.54, 1.807) is 0 Å². The molecule has 2 aromatic heterocycles. The van der Waals surface area contributed by atoms with Gasteiger partial charge < -0.3 is 9.32 Å². The summed E-state index contributed by atoms with van der Waals surface area (Å²) in [5.41, 5.74) is 14.9. The Bertz CT molecular complexity index is 3490. The molecule has 13 rings (SSSR count). The zero-order chi connectivity index (χ0) is 45.8. The number of benzene rings is 4. The number of allylic oxidation sites excluding steroid dienone is 13. The fraction of sp³-hybridized carbons (Fsp3) is 0.206. The van der Waals surface area contributed by atoms with E-state index in [4.69, 9.17) is 24.4 Å². The normalized spacial score (nSPS) is 24.2. The van der Waals surface area contributed by atoms with Gasteiger partial charge in [0.2, 0.25) is 0 Å². The number of aliphatic imine (C=N–C) groups is 1. The molecule has 0 saturated heterocycles. The number of hydrogen-bond acceptors (Lipinski definition) is 6. The van der Waals surface area contributed by atoms with Gasteiger partial charge in [0.25, 0.3) is 0 Å². The van der Waals surface area contributed by atoms with Crippen LogP contribution in [0, 0.1) is 23.7 Å². The van der Waals surface area contributed by atoms with Gasteiger partial charge >= 0.3 is 0 Å². The van der Waals surface area contributed by atoms with Crippen LogP contribution in [0.2, 0.25) is 0 Å². The highest BCUT2D eigenvalue weighted by atomic mass is 16.3. The highest BCUT2D eigenvalue weighted by Crippen LogP contribution is 2.47. The van der Waals surface area contributed by atoms with Crippen molar-refractivity contribution in [2.24, 2.45) is 28.7 Å². The minimum atomic E-state index is -0.0385. The lowest BCUT2D eigenvalue weighted by Crippen LogP contribution is -2.45. The minimum absolute atomic E-state index is 0.0385. The monoisotopic (exact) mass is 895 g/mol. The van der Waals surface area contributed by atoms with Gasteiger partial charge in [-0.25, -0.2) is 15.0 Å². The van der Waals surface area contributed by atoms with E-state index in [9.17, 15) is 0 Å². The summed E-state index contributed by atoms with van der Waals surface area (Å²) in [6.07, 6.45) is 36.5. The second-order valence-corrected chi connectivity index (χ2v) is 19.5. The molecule has 6 atom stereocenters. The molecule has 2 aliphatic heterocycles. The molecule has 0 saturated carbocycles. The Balaban J connectivity index is 0.930. The SMILES string of the molecule is CC1C=C(N2c3ccccc3C3C=c4c(oc5c4=CCC(C4=C(c6nc(-c7ccccc7)nc(-c7ccccc7)n6)CC(C6C=C(c7ccccc7)C(C7=CCCC=C7)=CC6)C=N4)C=5)=CC32)C=CC1. The Morgan fingerprint density at radius 3 is 2.01 bits per heavy atom. The van der Waals surface area contributed by atoms with Gasteiger partial charge in [0.15, 0.2) is 17.5 Å². The second kappa shape index (κ2) is 17.4. The molecule has 0 bridgehead atoms. The first-order valence-electron chi connectivity index (χ1n) is 24.9. The molecule has 0 amide bonds. The average Bonchev–Trinajstić information content (AvgIpc) is 3.94. The van der Waals surface area contributed by atoms with Crippen molar-refractivity contribution in [2.75, 3.05) is 4.90 Å². The number of fused-ring (bicyclic) bond motifs is 6. The zero-order valence-corrected chi connectivity index (χ0v) is 38.8. The summed E-state index contributed by atoms with van der Waals surface area (Å²) < 4.78 is 6.96. The van der Waals surface area contributed by atoms with Crippen molar-refractivity contribution in [1.29, 1.82) is 0 Å². The molecule has 6 nitrogen and oxygen atoms in total. The molecule has 336 valence electrons. The maximum Gasteiger partial charge on any atom is 0.164 e. The zero-order valence-electron chi connectivity index (χ0n) is 38.8. The lowest BCUT2D eigenvalue weighted by molar-refractivity contribution is 0.487. The van der Waals surface area contributed by atoms with Crippen LogP contribution < -0.4 is 26.2 Å². The molecule has 0 fully saturated rings. The maximum absolute atomic E-state index is 6.96. The third-order valence-corrected chi connectivity index (χ3v) is 15.1. The smallest absolute Gasteiger partial charge is 0.164 e. The molecular formula is C63H53N5O. The van der Waals surface area contributed by atoms with Gasteiger partial charge in [-0.1, -0.05) is 171 Å². The first kappa shape index (κ1) is 41.5. The van der Waals surface area contributed by atoms with Gasteiger partial charge in [0.05, 0.1) is 11.7 Å². The third kappa shape index (κ3) is 7.59. The molecule has 6 unspecified atom stereocenters. The molecule has 4 heterocycles. The first-order valence-corrected chi connectivity index (χ1v) is 24.9. The predicted molar refractivity (Wildman–Crippen MR) is 281 cm³/mol. The topological polar surface area (TPSA) is 67.4 Å². The molecule has 69 heavy (non-hydrogen) atoms.